The molecule has 6 heteroatoms. The van der Waals surface area contributed by atoms with Crippen molar-refractivity contribution < 1.29 is 0 Å². The van der Waals surface area contributed by atoms with E-state index in [1.807, 2.05) is 11.9 Å². The normalized spacial score (nSPS) is 17.0. The molecule has 6 rings (SSSR count). The lowest BCUT2D eigenvalue weighted by molar-refractivity contribution is 0.265. The highest BCUT2D eigenvalue weighted by Gasteiger charge is 2.24. The van der Waals surface area contributed by atoms with E-state index in [-0.39, 0.29) is 0 Å². The minimum atomic E-state index is 1.05. The zero-order valence-electron chi connectivity index (χ0n) is 16.1. The van der Waals surface area contributed by atoms with E-state index in [4.69, 9.17) is 4.37 Å². The van der Waals surface area contributed by atoms with Gasteiger partial charge in [-0.3, -0.25) is 4.90 Å². The van der Waals surface area contributed by atoms with Gasteiger partial charge in [-0.25, -0.2) is 0 Å². The SMILES string of the molecule is c1cc2c3c(cccc3c1)N(CCN1CCN(c3nsc4ccccc34)CC1)S2. The van der Waals surface area contributed by atoms with Crippen molar-refractivity contribution in [1.82, 2.24) is 9.27 Å². The molecule has 0 N–H and O–H groups in total. The number of hydrogen-bond acceptors (Lipinski definition) is 6. The van der Waals surface area contributed by atoms with E-state index in [0.29, 0.717) is 0 Å². The predicted octanol–water partition coefficient (Wildman–Crippen LogP) is 5.10. The fraction of sp³-hybridized carbons (Fsp3) is 0.261. The summed E-state index contributed by atoms with van der Waals surface area (Å²) < 4.78 is 8.49. The molecule has 0 saturated carbocycles. The summed E-state index contributed by atoms with van der Waals surface area (Å²) in [5.74, 6) is 1.17. The van der Waals surface area contributed by atoms with Gasteiger partial charge in [0.05, 0.1) is 10.4 Å². The van der Waals surface area contributed by atoms with Crippen LogP contribution < -0.4 is 9.21 Å². The molecule has 1 aromatic heterocycles. The van der Waals surface area contributed by atoms with Gasteiger partial charge in [-0.05, 0) is 53.1 Å². The molecule has 0 atom stereocenters. The zero-order valence-corrected chi connectivity index (χ0v) is 17.8. The second kappa shape index (κ2) is 7.20. The van der Waals surface area contributed by atoms with Crippen LogP contribution in [0, 0.1) is 0 Å². The third kappa shape index (κ3) is 3.06. The van der Waals surface area contributed by atoms with Crippen LogP contribution in [0.3, 0.4) is 0 Å². The minimum absolute atomic E-state index is 1.05. The first kappa shape index (κ1) is 17.6. The Bertz CT molecular complexity index is 1170. The van der Waals surface area contributed by atoms with E-state index >= 15 is 0 Å². The Morgan fingerprint density at radius 3 is 2.55 bits per heavy atom. The van der Waals surface area contributed by atoms with Crippen LogP contribution in [0.4, 0.5) is 11.5 Å². The number of nitrogens with zero attached hydrogens (tertiary/aromatic N) is 4. The number of piperazine rings is 1. The van der Waals surface area contributed by atoms with Crippen molar-refractivity contribution in [3.8, 4) is 0 Å². The van der Waals surface area contributed by atoms with Crippen molar-refractivity contribution in [2.75, 3.05) is 48.5 Å². The van der Waals surface area contributed by atoms with Gasteiger partial charge in [-0.15, -0.1) is 0 Å². The Hall–Kier alpha value is -2.28. The van der Waals surface area contributed by atoms with Crippen LogP contribution in [0.15, 0.2) is 65.6 Å². The highest BCUT2D eigenvalue weighted by Crippen LogP contribution is 2.45. The Morgan fingerprint density at radius 2 is 1.66 bits per heavy atom. The molecular formula is C23H22N4S2. The van der Waals surface area contributed by atoms with Crippen molar-refractivity contribution >= 4 is 55.8 Å². The minimum Gasteiger partial charge on any atom is -0.353 e. The lowest BCUT2D eigenvalue weighted by atomic mass is 10.1. The topological polar surface area (TPSA) is 22.6 Å². The van der Waals surface area contributed by atoms with E-state index in [2.05, 4.69) is 74.8 Å². The summed E-state index contributed by atoms with van der Waals surface area (Å²) in [5.41, 5.74) is 1.37. The summed E-state index contributed by atoms with van der Waals surface area (Å²) in [6.07, 6.45) is 0. The maximum atomic E-state index is 4.74. The molecule has 2 aliphatic heterocycles. The van der Waals surface area contributed by atoms with Gasteiger partial charge < -0.3 is 9.21 Å². The Labute approximate surface area is 179 Å². The van der Waals surface area contributed by atoms with Gasteiger partial charge >= 0.3 is 0 Å². The second-order valence-electron chi connectivity index (χ2n) is 7.66. The molecule has 4 aromatic rings. The van der Waals surface area contributed by atoms with Crippen LogP contribution in [0.2, 0.25) is 0 Å². The van der Waals surface area contributed by atoms with Gasteiger partial charge in [-0.2, -0.15) is 4.37 Å². The molecule has 0 spiro atoms. The van der Waals surface area contributed by atoms with Gasteiger partial charge in [0, 0.05) is 54.9 Å². The Morgan fingerprint density at radius 1 is 0.828 bits per heavy atom. The molecule has 0 aliphatic carbocycles. The molecule has 2 aliphatic rings. The molecular weight excluding hydrogens is 396 g/mol. The number of hydrogen-bond donors (Lipinski definition) is 0. The van der Waals surface area contributed by atoms with E-state index in [0.717, 1.165) is 39.3 Å². The Balaban J connectivity index is 1.10. The van der Waals surface area contributed by atoms with Crippen molar-refractivity contribution in [2.24, 2.45) is 0 Å². The van der Waals surface area contributed by atoms with Crippen LogP contribution >= 0.6 is 23.5 Å². The van der Waals surface area contributed by atoms with Gasteiger partial charge in [0.2, 0.25) is 0 Å². The number of aromatic nitrogens is 1. The largest absolute Gasteiger partial charge is 0.353 e. The number of benzene rings is 3. The van der Waals surface area contributed by atoms with Crippen LogP contribution in [-0.2, 0) is 0 Å². The first-order valence-electron chi connectivity index (χ1n) is 10.2. The molecule has 0 amide bonds. The van der Waals surface area contributed by atoms with Crippen molar-refractivity contribution in [2.45, 2.75) is 4.90 Å². The van der Waals surface area contributed by atoms with Gasteiger partial charge in [-0.1, -0.05) is 36.4 Å². The highest BCUT2D eigenvalue weighted by atomic mass is 32.2. The zero-order chi connectivity index (χ0) is 19.2. The quantitative estimate of drug-likeness (QED) is 0.429. The summed E-state index contributed by atoms with van der Waals surface area (Å²) in [7, 11) is 0. The van der Waals surface area contributed by atoms with Gasteiger partial charge in [0.25, 0.3) is 0 Å². The van der Waals surface area contributed by atoms with Crippen molar-refractivity contribution in [1.29, 1.82) is 0 Å². The first-order chi connectivity index (χ1) is 14.4. The van der Waals surface area contributed by atoms with Crippen LogP contribution in [0.5, 0.6) is 0 Å². The van der Waals surface area contributed by atoms with Gasteiger partial charge in [0.15, 0.2) is 0 Å². The molecule has 4 nitrogen and oxygen atoms in total. The molecule has 3 heterocycles. The third-order valence-electron chi connectivity index (χ3n) is 5.97. The van der Waals surface area contributed by atoms with E-state index < -0.39 is 0 Å². The molecule has 1 saturated heterocycles. The first-order valence-corrected chi connectivity index (χ1v) is 11.7. The predicted molar refractivity (Wildman–Crippen MR) is 125 cm³/mol. The van der Waals surface area contributed by atoms with Gasteiger partial charge in [0.1, 0.15) is 5.82 Å². The van der Waals surface area contributed by atoms with E-state index in [9.17, 15) is 0 Å². The molecule has 0 radical (unpaired) electrons. The van der Waals surface area contributed by atoms with E-state index in [1.54, 1.807) is 11.5 Å². The molecule has 29 heavy (non-hydrogen) atoms. The maximum Gasteiger partial charge on any atom is 0.150 e. The number of anilines is 2. The second-order valence-corrected chi connectivity index (χ2v) is 9.52. The molecule has 3 aromatic carbocycles. The molecule has 146 valence electrons. The van der Waals surface area contributed by atoms with Crippen LogP contribution in [-0.4, -0.2) is 48.5 Å². The Kier molecular flexibility index (Phi) is 4.36. The molecule has 0 unspecified atom stereocenters. The fourth-order valence-corrected chi connectivity index (χ4v) is 6.33. The lowest BCUT2D eigenvalue weighted by Gasteiger charge is -2.35. The molecule has 1 fully saturated rings. The number of rotatable bonds is 4. The highest BCUT2D eigenvalue weighted by molar-refractivity contribution is 8.01. The average molecular weight is 419 g/mol. The summed E-state index contributed by atoms with van der Waals surface area (Å²) in [4.78, 5) is 6.43. The third-order valence-corrected chi connectivity index (χ3v) is 7.92. The van der Waals surface area contributed by atoms with Crippen LogP contribution in [0.25, 0.3) is 20.9 Å². The summed E-state index contributed by atoms with van der Waals surface area (Å²) in [5, 5.41) is 4.06. The smallest absolute Gasteiger partial charge is 0.150 e. The summed E-state index contributed by atoms with van der Waals surface area (Å²) >= 11 is 3.50. The van der Waals surface area contributed by atoms with Crippen LogP contribution in [0.1, 0.15) is 0 Å². The summed E-state index contributed by atoms with van der Waals surface area (Å²) in [6.45, 7) is 6.46. The average Bonchev–Trinajstić information content (AvgIpc) is 3.36. The van der Waals surface area contributed by atoms with E-state index in [1.165, 1.54) is 37.3 Å². The van der Waals surface area contributed by atoms with Crippen molar-refractivity contribution in [3.63, 3.8) is 0 Å². The summed E-state index contributed by atoms with van der Waals surface area (Å²) in [6, 6.07) is 21.9. The fourth-order valence-electron chi connectivity index (χ4n) is 4.42. The maximum absolute atomic E-state index is 4.74. The number of fused-ring (bicyclic) bond motifs is 1. The molecule has 0 bridgehead atoms. The van der Waals surface area contributed by atoms with Crippen molar-refractivity contribution in [3.05, 3.63) is 60.7 Å². The lowest BCUT2D eigenvalue weighted by Crippen LogP contribution is -2.48. The monoisotopic (exact) mass is 418 g/mol. The standard InChI is InChI=1S/C23H22N4S2/c1-2-9-20-18(7-1)23(24-28-20)26-14-11-25(12-15-26)13-16-27-19-8-3-5-17-6-4-10-21(29-27)22(17)19/h1-10H,11-16H2.